The molecule has 3 rings (SSSR count). The number of nitro benzene ring substituents is 1. The Morgan fingerprint density at radius 2 is 1.97 bits per heavy atom. The Balaban J connectivity index is 1.57. The highest BCUT2D eigenvalue weighted by Crippen LogP contribution is 2.29. The summed E-state index contributed by atoms with van der Waals surface area (Å²) in [4.78, 5) is 26.6. The third-order valence-corrected chi connectivity index (χ3v) is 5.06. The Morgan fingerprint density at radius 3 is 2.63 bits per heavy atom. The lowest BCUT2D eigenvalue weighted by Crippen LogP contribution is -3.15. The van der Waals surface area contributed by atoms with E-state index in [0.717, 1.165) is 42.5 Å². The number of methoxy groups -OCH3 is 1. The van der Waals surface area contributed by atoms with E-state index in [1.807, 2.05) is 31.2 Å². The predicted molar refractivity (Wildman–Crippen MR) is 114 cm³/mol. The summed E-state index contributed by atoms with van der Waals surface area (Å²) in [6, 6.07) is 12.3. The van der Waals surface area contributed by atoms with Crippen LogP contribution in [0.2, 0.25) is 0 Å². The summed E-state index contributed by atoms with van der Waals surface area (Å²) >= 11 is 0. The molecule has 0 radical (unpaired) electrons. The van der Waals surface area contributed by atoms with Crippen LogP contribution in [0.1, 0.15) is 6.92 Å². The Labute approximate surface area is 175 Å². The van der Waals surface area contributed by atoms with E-state index in [4.69, 9.17) is 9.47 Å². The zero-order valence-corrected chi connectivity index (χ0v) is 17.2. The second kappa shape index (κ2) is 9.93. The van der Waals surface area contributed by atoms with Crippen molar-refractivity contribution in [3.63, 3.8) is 0 Å². The first kappa shape index (κ1) is 21.4. The van der Waals surface area contributed by atoms with Gasteiger partial charge in [0, 0.05) is 0 Å². The van der Waals surface area contributed by atoms with Gasteiger partial charge < -0.3 is 24.6 Å². The monoisotopic (exact) mass is 415 g/mol. The number of carbonyl (C=O) groups is 1. The van der Waals surface area contributed by atoms with Crippen molar-refractivity contribution in [3.05, 3.63) is 52.6 Å². The number of rotatable bonds is 8. The van der Waals surface area contributed by atoms with Crippen LogP contribution in [0.4, 0.5) is 17.1 Å². The maximum atomic E-state index is 12.5. The fourth-order valence-corrected chi connectivity index (χ4v) is 3.55. The number of amides is 1. The first-order valence-electron chi connectivity index (χ1n) is 9.94. The Bertz CT molecular complexity index is 897. The van der Waals surface area contributed by atoms with E-state index in [1.165, 1.54) is 19.2 Å². The topological polar surface area (TPSA) is 98.4 Å². The number of quaternary nitrogens is 1. The fraction of sp³-hybridized carbons (Fsp3) is 0.381. The fourth-order valence-electron chi connectivity index (χ4n) is 3.55. The Kier molecular flexibility index (Phi) is 7.08. The van der Waals surface area contributed by atoms with Gasteiger partial charge in [0.15, 0.2) is 6.54 Å². The first-order valence-corrected chi connectivity index (χ1v) is 9.94. The van der Waals surface area contributed by atoms with E-state index in [0.29, 0.717) is 12.4 Å². The standard InChI is InChI=1S/C21H26N4O5/c1-3-30-20-7-5-4-6-18(20)24-12-10-23(11-13-24)15-21(26)22-17-9-8-16(29-2)14-19(17)25(27)28/h4-9,14H,3,10-13,15H2,1-2H3,(H,22,26)/p+1. The number of anilines is 2. The molecule has 1 aliphatic rings. The number of benzene rings is 2. The maximum Gasteiger partial charge on any atom is 0.296 e. The minimum absolute atomic E-state index is 0.175. The molecule has 160 valence electrons. The summed E-state index contributed by atoms with van der Waals surface area (Å²) in [7, 11) is 1.44. The average molecular weight is 415 g/mol. The first-order chi connectivity index (χ1) is 14.5. The van der Waals surface area contributed by atoms with E-state index < -0.39 is 4.92 Å². The van der Waals surface area contributed by atoms with Crippen molar-refractivity contribution < 1.29 is 24.1 Å². The molecule has 2 aromatic carbocycles. The van der Waals surface area contributed by atoms with Gasteiger partial charge in [0.2, 0.25) is 0 Å². The summed E-state index contributed by atoms with van der Waals surface area (Å²) in [5, 5.41) is 14.0. The molecule has 1 heterocycles. The van der Waals surface area contributed by atoms with Gasteiger partial charge in [-0.1, -0.05) is 12.1 Å². The van der Waals surface area contributed by atoms with Crippen LogP contribution in [0.3, 0.4) is 0 Å². The molecule has 1 aliphatic heterocycles. The second-order valence-electron chi connectivity index (χ2n) is 7.00. The number of carbonyl (C=O) groups excluding carboxylic acids is 1. The predicted octanol–water partition coefficient (Wildman–Crippen LogP) is 1.35. The van der Waals surface area contributed by atoms with Crippen molar-refractivity contribution in [3.8, 4) is 11.5 Å². The number of hydrogen-bond donors (Lipinski definition) is 2. The largest absolute Gasteiger partial charge is 0.496 e. The zero-order valence-electron chi connectivity index (χ0n) is 17.2. The van der Waals surface area contributed by atoms with Crippen LogP contribution in [-0.2, 0) is 4.79 Å². The second-order valence-corrected chi connectivity index (χ2v) is 7.00. The summed E-state index contributed by atoms with van der Waals surface area (Å²) in [6.45, 7) is 6.01. The number of nitrogens with zero attached hydrogens (tertiary/aromatic N) is 2. The highest BCUT2D eigenvalue weighted by Gasteiger charge is 2.25. The van der Waals surface area contributed by atoms with Crippen LogP contribution in [0.15, 0.2) is 42.5 Å². The molecular weight excluding hydrogens is 388 g/mol. The molecule has 0 bridgehead atoms. The quantitative estimate of drug-likeness (QED) is 0.499. The van der Waals surface area contributed by atoms with Gasteiger partial charge >= 0.3 is 0 Å². The van der Waals surface area contributed by atoms with E-state index in [2.05, 4.69) is 10.2 Å². The van der Waals surface area contributed by atoms with Gasteiger partial charge in [0.25, 0.3) is 11.6 Å². The van der Waals surface area contributed by atoms with E-state index in [1.54, 1.807) is 6.07 Å². The minimum Gasteiger partial charge on any atom is -0.496 e. The van der Waals surface area contributed by atoms with Gasteiger partial charge in [-0.2, -0.15) is 0 Å². The number of para-hydroxylation sites is 2. The molecular formula is C21H27N4O5+. The summed E-state index contributed by atoms with van der Waals surface area (Å²) in [5.41, 5.74) is 1.06. The van der Waals surface area contributed by atoms with Crippen molar-refractivity contribution in [1.29, 1.82) is 0 Å². The van der Waals surface area contributed by atoms with E-state index in [9.17, 15) is 14.9 Å². The minimum atomic E-state index is -0.528. The molecule has 1 saturated heterocycles. The summed E-state index contributed by atoms with van der Waals surface area (Å²) in [6.07, 6.45) is 0. The molecule has 30 heavy (non-hydrogen) atoms. The smallest absolute Gasteiger partial charge is 0.296 e. The lowest BCUT2D eigenvalue weighted by atomic mass is 10.2. The molecule has 0 atom stereocenters. The molecule has 0 saturated carbocycles. The van der Waals surface area contributed by atoms with Crippen LogP contribution in [0, 0.1) is 10.1 Å². The Hall–Kier alpha value is -3.33. The lowest BCUT2D eigenvalue weighted by Gasteiger charge is -2.34. The highest BCUT2D eigenvalue weighted by molar-refractivity contribution is 5.93. The molecule has 1 fully saturated rings. The van der Waals surface area contributed by atoms with Crippen LogP contribution in [0.5, 0.6) is 11.5 Å². The molecule has 2 aromatic rings. The van der Waals surface area contributed by atoms with Crippen molar-refractivity contribution in [2.45, 2.75) is 6.92 Å². The van der Waals surface area contributed by atoms with Crippen LogP contribution >= 0.6 is 0 Å². The van der Waals surface area contributed by atoms with Crippen LogP contribution < -0.4 is 24.6 Å². The van der Waals surface area contributed by atoms with Crippen molar-refractivity contribution >= 4 is 23.0 Å². The van der Waals surface area contributed by atoms with Gasteiger partial charge in [-0.05, 0) is 31.2 Å². The van der Waals surface area contributed by atoms with Crippen molar-refractivity contribution in [1.82, 2.24) is 0 Å². The molecule has 1 amide bonds. The molecule has 0 aromatic heterocycles. The van der Waals surface area contributed by atoms with E-state index in [-0.39, 0.29) is 23.8 Å². The third-order valence-electron chi connectivity index (χ3n) is 5.06. The highest BCUT2D eigenvalue weighted by atomic mass is 16.6. The molecule has 9 nitrogen and oxygen atoms in total. The van der Waals surface area contributed by atoms with Crippen molar-refractivity contribution in [2.75, 3.05) is 56.7 Å². The summed E-state index contributed by atoms with van der Waals surface area (Å²) in [5.74, 6) is 0.989. The summed E-state index contributed by atoms with van der Waals surface area (Å²) < 4.78 is 10.7. The Morgan fingerprint density at radius 1 is 1.23 bits per heavy atom. The average Bonchev–Trinajstić information content (AvgIpc) is 2.75. The lowest BCUT2D eigenvalue weighted by molar-refractivity contribution is -0.892. The van der Waals surface area contributed by atoms with Gasteiger partial charge in [0.05, 0.1) is 56.6 Å². The normalized spacial score (nSPS) is 14.3. The number of nitrogens with one attached hydrogen (secondary N) is 2. The molecule has 9 heteroatoms. The van der Waals surface area contributed by atoms with Crippen LogP contribution in [0.25, 0.3) is 0 Å². The number of nitro groups is 1. The number of ether oxygens (including phenoxy) is 2. The molecule has 0 aliphatic carbocycles. The zero-order chi connectivity index (χ0) is 21.5. The maximum absolute atomic E-state index is 12.5. The van der Waals surface area contributed by atoms with Crippen LogP contribution in [-0.4, -0.2) is 57.3 Å². The van der Waals surface area contributed by atoms with Crippen molar-refractivity contribution in [2.24, 2.45) is 0 Å². The van der Waals surface area contributed by atoms with Gasteiger partial charge in [-0.15, -0.1) is 0 Å². The van der Waals surface area contributed by atoms with Gasteiger partial charge in [0.1, 0.15) is 17.2 Å². The molecule has 0 spiro atoms. The number of piperazine rings is 1. The molecule has 2 N–H and O–H groups in total. The SMILES string of the molecule is CCOc1ccccc1N1CC[NH+](CC(=O)Nc2ccc(OC)cc2[N+](=O)[O-])CC1. The molecule has 0 unspecified atom stereocenters. The van der Waals surface area contributed by atoms with E-state index >= 15 is 0 Å². The van der Waals surface area contributed by atoms with Gasteiger partial charge in [-0.3, -0.25) is 14.9 Å². The number of hydrogen-bond acceptors (Lipinski definition) is 6. The third kappa shape index (κ3) is 5.18. The van der Waals surface area contributed by atoms with Gasteiger partial charge in [-0.25, -0.2) is 0 Å².